The Kier molecular flexibility index (Phi) is 4.13. The van der Waals surface area contributed by atoms with Crippen LogP contribution in [-0.2, 0) is 27.3 Å². The summed E-state index contributed by atoms with van der Waals surface area (Å²) in [6.45, 7) is 4.06. The van der Waals surface area contributed by atoms with Crippen molar-refractivity contribution in [3.63, 3.8) is 0 Å². The van der Waals surface area contributed by atoms with Crippen molar-refractivity contribution in [3.8, 4) is 0 Å². The Labute approximate surface area is 152 Å². The molecular weight excluding hydrogens is 334 g/mol. The Bertz CT molecular complexity index is 780. The number of fused-ring (bicyclic) bond motifs is 1. The average Bonchev–Trinajstić information content (AvgIpc) is 3.00. The van der Waals surface area contributed by atoms with Gasteiger partial charge in [-0.3, -0.25) is 19.7 Å². The van der Waals surface area contributed by atoms with Crippen LogP contribution in [0.25, 0.3) is 0 Å². The number of hydrogen-bond donors (Lipinski definition) is 1. The van der Waals surface area contributed by atoms with Gasteiger partial charge in [0.2, 0.25) is 23.7 Å². The van der Waals surface area contributed by atoms with E-state index in [4.69, 9.17) is 4.98 Å². The summed E-state index contributed by atoms with van der Waals surface area (Å²) in [5.74, 6) is 0.373. The molecule has 1 N–H and O–H groups in total. The summed E-state index contributed by atoms with van der Waals surface area (Å²) in [5.41, 5.74) is 1.45. The van der Waals surface area contributed by atoms with Gasteiger partial charge < -0.3 is 9.80 Å². The van der Waals surface area contributed by atoms with Gasteiger partial charge in [0.15, 0.2) is 0 Å². The zero-order chi connectivity index (χ0) is 18.3. The lowest BCUT2D eigenvalue weighted by atomic mass is 9.82. The molecule has 8 heteroatoms. The summed E-state index contributed by atoms with van der Waals surface area (Å²) in [6, 6.07) is 0. The highest BCUT2D eigenvalue weighted by Crippen LogP contribution is 2.38. The molecule has 0 aromatic carbocycles. The number of hydrogen-bond acceptors (Lipinski definition) is 6. The van der Waals surface area contributed by atoms with Crippen LogP contribution in [0.1, 0.15) is 43.9 Å². The first kappa shape index (κ1) is 16.9. The summed E-state index contributed by atoms with van der Waals surface area (Å²) in [6.07, 6.45) is 5.10. The molecule has 4 heterocycles. The first-order valence-electron chi connectivity index (χ1n) is 9.16. The Hall–Kier alpha value is -2.51. The molecule has 0 aliphatic carbocycles. The third-order valence-corrected chi connectivity index (χ3v) is 5.80. The zero-order valence-corrected chi connectivity index (χ0v) is 15.0. The number of amides is 3. The molecule has 1 atom stereocenters. The summed E-state index contributed by atoms with van der Waals surface area (Å²) >= 11 is 0. The highest BCUT2D eigenvalue weighted by Gasteiger charge is 2.46. The van der Waals surface area contributed by atoms with Crippen LogP contribution < -0.4 is 10.2 Å². The molecule has 2 saturated heterocycles. The van der Waals surface area contributed by atoms with E-state index < -0.39 is 5.41 Å². The van der Waals surface area contributed by atoms with Gasteiger partial charge in [-0.15, -0.1) is 0 Å². The van der Waals surface area contributed by atoms with Crippen LogP contribution in [-0.4, -0.2) is 52.2 Å². The van der Waals surface area contributed by atoms with E-state index in [-0.39, 0.29) is 17.7 Å². The minimum absolute atomic E-state index is 0.0649. The van der Waals surface area contributed by atoms with Crippen LogP contribution in [0.5, 0.6) is 0 Å². The normalized spacial score (nSPS) is 25.9. The standard InChI is InChI=1S/C18H23N5O3/c1-12(24)22-7-4-14-13(10-22)9-19-17(20-14)23-8-6-18(11-23)5-2-3-15(25)21-16(18)26/h9H,2-8,10-11H2,1H3,(H,21,25,26). The highest BCUT2D eigenvalue weighted by atomic mass is 16.2. The molecule has 0 bridgehead atoms. The van der Waals surface area contributed by atoms with Crippen LogP contribution in [0.3, 0.4) is 0 Å². The molecular formula is C18H23N5O3. The first-order chi connectivity index (χ1) is 12.5. The Morgan fingerprint density at radius 3 is 2.88 bits per heavy atom. The maximum absolute atomic E-state index is 12.5. The third-order valence-electron chi connectivity index (χ3n) is 5.80. The first-order valence-corrected chi connectivity index (χ1v) is 9.16. The van der Waals surface area contributed by atoms with Crippen molar-refractivity contribution in [2.45, 2.75) is 45.6 Å². The van der Waals surface area contributed by atoms with E-state index in [0.717, 1.165) is 30.5 Å². The van der Waals surface area contributed by atoms with Crippen molar-refractivity contribution >= 4 is 23.7 Å². The number of imide groups is 1. The molecule has 4 rings (SSSR count). The predicted octanol–water partition coefficient (Wildman–Crippen LogP) is 0.404. The zero-order valence-electron chi connectivity index (χ0n) is 15.0. The molecule has 26 heavy (non-hydrogen) atoms. The molecule has 8 nitrogen and oxygen atoms in total. The number of rotatable bonds is 1. The molecule has 0 radical (unpaired) electrons. The SMILES string of the molecule is CC(=O)N1CCc2nc(N3CCC4(CCCC(=O)NC4=O)C3)ncc2C1. The second-order valence-corrected chi connectivity index (χ2v) is 7.52. The summed E-state index contributed by atoms with van der Waals surface area (Å²) in [4.78, 5) is 48.7. The number of nitrogens with one attached hydrogen (secondary N) is 1. The largest absolute Gasteiger partial charge is 0.340 e. The fourth-order valence-electron chi connectivity index (χ4n) is 4.18. The van der Waals surface area contributed by atoms with Crippen molar-refractivity contribution in [3.05, 3.63) is 17.5 Å². The quantitative estimate of drug-likeness (QED) is 0.731. The van der Waals surface area contributed by atoms with Crippen molar-refractivity contribution in [2.75, 3.05) is 24.5 Å². The van der Waals surface area contributed by atoms with E-state index in [1.165, 1.54) is 0 Å². The molecule has 138 valence electrons. The monoisotopic (exact) mass is 357 g/mol. The van der Waals surface area contributed by atoms with E-state index in [0.29, 0.717) is 45.0 Å². The third kappa shape index (κ3) is 2.93. The Morgan fingerprint density at radius 1 is 1.23 bits per heavy atom. The van der Waals surface area contributed by atoms with Gasteiger partial charge >= 0.3 is 0 Å². The van der Waals surface area contributed by atoms with E-state index in [2.05, 4.69) is 10.3 Å². The maximum Gasteiger partial charge on any atom is 0.234 e. The smallest absolute Gasteiger partial charge is 0.234 e. The van der Waals surface area contributed by atoms with Crippen molar-refractivity contribution in [2.24, 2.45) is 5.41 Å². The van der Waals surface area contributed by atoms with Crippen LogP contribution in [0.15, 0.2) is 6.20 Å². The predicted molar refractivity (Wildman–Crippen MR) is 93.1 cm³/mol. The van der Waals surface area contributed by atoms with Gasteiger partial charge in [-0.2, -0.15) is 0 Å². The average molecular weight is 357 g/mol. The second-order valence-electron chi connectivity index (χ2n) is 7.52. The van der Waals surface area contributed by atoms with Gasteiger partial charge in [-0.25, -0.2) is 9.97 Å². The molecule has 3 amide bonds. The van der Waals surface area contributed by atoms with E-state index in [9.17, 15) is 14.4 Å². The van der Waals surface area contributed by atoms with E-state index in [1.807, 2.05) is 4.90 Å². The minimum Gasteiger partial charge on any atom is -0.340 e. The summed E-state index contributed by atoms with van der Waals surface area (Å²) < 4.78 is 0. The van der Waals surface area contributed by atoms with Crippen molar-refractivity contribution in [1.82, 2.24) is 20.2 Å². The van der Waals surface area contributed by atoms with Gasteiger partial charge in [-0.1, -0.05) is 0 Å². The molecule has 1 unspecified atom stereocenters. The number of carbonyl (C=O) groups is 3. The highest BCUT2D eigenvalue weighted by molar-refractivity contribution is 5.99. The van der Waals surface area contributed by atoms with Gasteiger partial charge in [0.25, 0.3) is 0 Å². The molecule has 1 aromatic heterocycles. The lowest BCUT2D eigenvalue weighted by Gasteiger charge is -2.28. The fourth-order valence-corrected chi connectivity index (χ4v) is 4.18. The number of aromatic nitrogens is 2. The van der Waals surface area contributed by atoms with Crippen molar-refractivity contribution < 1.29 is 14.4 Å². The van der Waals surface area contributed by atoms with Crippen molar-refractivity contribution in [1.29, 1.82) is 0 Å². The second kappa shape index (κ2) is 6.34. The Morgan fingerprint density at radius 2 is 2.08 bits per heavy atom. The molecule has 0 saturated carbocycles. The summed E-state index contributed by atoms with van der Waals surface area (Å²) in [7, 11) is 0. The number of carbonyl (C=O) groups excluding carboxylic acids is 3. The lowest BCUT2D eigenvalue weighted by molar-refractivity contribution is -0.135. The fraction of sp³-hybridized carbons (Fsp3) is 0.611. The van der Waals surface area contributed by atoms with Crippen LogP contribution >= 0.6 is 0 Å². The van der Waals surface area contributed by atoms with Crippen LogP contribution in [0, 0.1) is 5.41 Å². The van der Waals surface area contributed by atoms with Gasteiger partial charge in [-0.05, 0) is 19.3 Å². The Balaban J connectivity index is 1.52. The molecule has 2 fully saturated rings. The van der Waals surface area contributed by atoms with Crippen LogP contribution in [0.4, 0.5) is 5.95 Å². The summed E-state index contributed by atoms with van der Waals surface area (Å²) in [5, 5.41) is 2.53. The van der Waals surface area contributed by atoms with E-state index >= 15 is 0 Å². The van der Waals surface area contributed by atoms with Gasteiger partial charge in [0.05, 0.1) is 11.1 Å². The van der Waals surface area contributed by atoms with E-state index in [1.54, 1.807) is 18.0 Å². The van der Waals surface area contributed by atoms with Crippen LogP contribution in [0.2, 0.25) is 0 Å². The maximum atomic E-state index is 12.5. The number of anilines is 1. The molecule has 1 aromatic rings. The lowest BCUT2D eigenvalue weighted by Crippen LogP contribution is -2.43. The van der Waals surface area contributed by atoms with Gasteiger partial charge in [0.1, 0.15) is 0 Å². The van der Waals surface area contributed by atoms with Gasteiger partial charge in [0, 0.05) is 57.7 Å². The topological polar surface area (TPSA) is 95.5 Å². The molecule has 3 aliphatic heterocycles. The molecule has 3 aliphatic rings. The number of nitrogens with zero attached hydrogens (tertiary/aromatic N) is 4. The minimum atomic E-state index is -0.517. The molecule has 1 spiro atoms.